The van der Waals surface area contributed by atoms with Crippen LogP contribution in [0.2, 0.25) is 0 Å². The Hall–Kier alpha value is -1.39. The number of nitrogens with two attached hydrogens (primary N) is 1. The second kappa shape index (κ2) is 11.2. The SMILES string of the molecule is CCCCCCCCCc1ccccc1OC(=O)[C@@H](N)CO. The van der Waals surface area contributed by atoms with Gasteiger partial charge < -0.3 is 15.6 Å². The van der Waals surface area contributed by atoms with Crippen molar-refractivity contribution in [2.24, 2.45) is 5.73 Å². The quantitative estimate of drug-likeness (QED) is 0.374. The normalized spacial score (nSPS) is 12.1. The number of hydrogen-bond acceptors (Lipinski definition) is 4. The molecule has 4 heteroatoms. The fourth-order valence-corrected chi connectivity index (χ4v) is 2.34. The zero-order valence-electron chi connectivity index (χ0n) is 13.6. The van der Waals surface area contributed by atoms with Gasteiger partial charge in [0.2, 0.25) is 0 Å². The zero-order valence-corrected chi connectivity index (χ0v) is 13.6. The highest BCUT2D eigenvalue weighted by Crippen LogP contribution is 2.21. The van der Waals surface area contributed by atoms with E-state index < -0.39 is 18.6 Å². The van der Waals surface area contributed by atoms with Crippen LogP contribution in [0.25, 0.3) is 0 Å². The fourth-order valence-electron chi connectivity index (χ4n) is 2.34. The molecule has 4 nitrogen and oxygen atoms in total. The Morgan fingerprint density at radius 3 is 2.45 bits per heavy atom. The maximum absolute atomic E-state index is 11.7. The van der Waals surface area contributed by atoms with E-state index in [0.29, 0.717) is 5.75 Å². The van der Waals surface area contributed by atoms with Crippen LogP contribution in [0.15, 0.2) is 24.3 Å². The molecule has 0 radical (unpaired) electrons. The molecule has 0 unspecified atom stereocenters. The molecule has 0 heterocycles. The number of carbonyl (C=O) groups excluding carboxylic acids is 1. The Balaban J connectivity index is 2.39. The number of benzene rings is 1. The summed E-state index contributed by atoms with van der Waals surface area (Å²) in [7, 11) is 0. The van der Waals surface area contributed by atoms with E-state index >= 15 is 0 Å². The first-order chi connectivity index (χ1) is 10.7. The lowest BCUT2D eigenvalue weighted by atomic mass is 10.0. The lowest BCUT2D eigenvalue weighted by Crippen LogP contribution is -2.37. The topological polar surface area (TPSA) is 72.5 Å². The number of aryl methyl sites for hydroxylation is 1. The third-order valence-corrected chi connectivity index (χ3v) is 3.73. The van der Waals surface area contributed by atoms with Gasteiger partial charge in [-0.3, -0.25) is 0 Å². The Bertz CT molecular complexity index is 434. The summed E-state index contributed by atoms with van der Waals surface area (Å²) in [5.41, 5.74) is 6.49. The lowest BCUT2D eigenvalue weighted by molar-refractivity contribution is -0.136. The maximum atomic E-state index is 11.7. The van der Waals surface area contributed by atoms with Gasteiger partial charge in [0.05, 0.1) is 6.61 Å². The molecule has 0 amide bonds. The molecular weight excluding hydrogens is 278 g/mol. The monoisotopic (exact) mass is 307 g/mol. The van der Waals surface area contributed by atoms with Crippen LogP contribution >= 0.6 is 0 Å². The van der Waals surface area contributed by atoms with E-state index in [0.717, 1.165) is 18.4 Å². The molecule has 1 atom stereocenters. The van der Waals surface area contributed by atoms with E-state index in [1.807, 2.05) is 18.2 Å². The van der Waals surface area contributed by atoms with Gasteiger partial charge in [0.25, 0.3) is 0 Å². The molecule has 3 N–H and O–H groups in total. The van der Waals surface area contributed by atoms with Crippen molar-refractivity contribution in [3.05, 3.63) is 29.8 Å². The van der Waals surface area contributed by atoms with Crippen molar-refractivity contribution in [3.8, 4) is 5.75 Å². The number of para-hydroxylation sites is 1. The van der Waals surface area contributed by atoms with Crippen LogP contribution in [0.1, 0.15) is 57.4 Å². The van der Waals surface area contributed by atoms with E-state index in [1.54, 1.807) is 6.07 Å². The van der Waals surface area contributed by atoms with Crippen LogP contribution in [-0.4, -0.2) is 23.7 Å². The molecule has 1 rings (SSSR count). The van der Waals surface area contributed by atoms with Crippen molar-refractivity contribution in [3.63, 3.8) is 0 Å². The van der Waals surface area contributed by atoms with Crippen LogP contribution in [0.3, 0.4) is 0 Å². The van der Waals surface area contributed by atoms with Gasteiger partial charge in [-0.05, 0) is 24.5 Å². The molecule has 22 heavy (non-hydrogen) atoms. The number of ether oxygens (including phenoxy) is 1. The van der Waals surface area contributed by atoms with E-state index in [9.17, 15) is 4.79 Å². The minimum atomic E-state index is -0.980. The number of aliphatic hydroxyl groups is 1. The summed E-state index contributed by atoms with van der Waals surface area (Å²) in [4.78, 5) is 11.7. The van der Waals surface area contributed by atoms with Crippen LogP contribution in [0.4, 0.5) is 0 Å². The predicted molar refractivity (Wildman–Crippen MR) is 88.8 cm³/mol. The maximum Gasteiger partial charge on any atom is 0.330 e. The first kappa shape index (κ1) is 18.7. The Morgan fingerprint density at radius 2 is 1.77 bits per heavy atom. The van der Waals surface area contributed by atoms with Crippen LogP contribution < -0.4 is 10.5 Å². The molecule has 1 aromatic rings. The molecule has 124 valence electrons. The van der Waals surface area contributed by atoms with Gasteiger partial charge >= 0.3 is 5.97 Å². The summed E-state index contributed by atoms with van der Waals surface area (Å²) in [6, 6.07) is 6.55. The predicted octanol–water partition coefficient (Wildman–Crippen LogP) is 3.20. The minimum Gasteiger partial charge on any atom is -0.425 e. The summed E-state index contributed by atoms with van der Waals surface area (Å²) in [5.74, 6) is -0.0306. The van der Waals surface area contributed by atoms with Gasteiger partial charge in [0.1, 0.15) is 11.8 Å². The van der Waals surface area contributed by atoms with Crippen molar-refractivity contribution in [1.82, 2.24) is 0 Å². The summed E-state index contributed by atoms with van der Waals surface area (Å²) in [6.07, 6.45) is 9.66. The summed E-state index contributed by atoms with van der Waals surface area (Å²) >= 11 is 0. The Labute approximate surface area is 133 Å². The van der Waals surface area contributed by atoms with Crippen LogP contribution in [-0.2, 0) is 11.2 Å². The number of aliphatic hydroxyl groups excluding tert-OH is 1. The van der Waals surface area contributed by atoms with Gasteiger partial charge in [0.15, 0.2) is 0 Å². The van der Waals surface area contributed by atoms with Crippen molar-refractivity contribution < 1.29 is 14.6 Å². The van der Waals surface area contributed by atoms with Crippen molar-refractivity contribution in [2.75, 3.05) is 6.61 Å². The smallest absolute Gasteiger partial charge is 0.330 e. The van der Waals surface area contributed by atoms with Crippen LogP contribution in [0, 0.1) is 0 Å². The van der Waals surface area contributed by atoms with Crippen molar-refractivity contribution >= 4 is 5.97 Å². The molecular formula is C18H29NO3. The second-order valence-corrected chi connectivity index (χ2v) is 5.69. The van der Waals surface area contributed by atoms with Gasteiger partial charge in [-0.25, -0.2) is 4.79 Å². The molecule has 0 saturated heterocycles. The average molecular weight is 307 g/mol. The molecule has 0 bridgehead atoms. The Morgan fingerprint density at radius 1 is 1.14 bits per heavy atom. The highest BCUT2D eigenvalue weighted by molar-refractivity contribution is 5.78. The highest BCUT2D eigenvalue weighted by Gasteiger charge is 2.16. The van der Waals surface area contributed by atoms with E-state index in [1.165, 1.54) is 38.5 Å². The minimum absolute atomic E-state index is 0.404. The molecule has 0 fully saturated rings. The number of unbranched alkanes of at least 4 members (excludes halogenated alkanes) is 6. The Kier molecular flexibility index (Phi) is 9.51. The van der Waals surface area contributed by atoms with Gasteiger partial charge in [0, 0.05) is 0 Å². The average Bonchev–Trinajstić information content (AvgIpc) is 2.54. The molecule has 0 spiro atoms. The first-order valence-electron chi connectivity index (χ1n) is 8.35. The summed E-state index contributed by atoms with van der Waals surface area (Å²) < 4.78 is 5.28. The fraction of sp³-hybridized carbons (Fsp3) is 0.611. The number of hydrogen-bond donors (Lipinski definition) is 2. The molecule has 0 saturated carbocycles. The number of carbonyl (C=O) groups is 1. The second-order valence-electron chi connectivity index (χ2n) is 5.69. The van der Waals surface area contributed by atoms with Gasteiger partial charge in [-0.2, -0.15) is 0 Å². The molecule has 0 aromatic heterocycles. The molecule has 0 aliphatic heterocycles. The van der Waals surface area contributed by atoms with E-state index in [2.05, 4.69) is 6.92 Å². The van der Waals surface area contributed by atoms with Gasteiger partial charge in [-0.15, -0.1) is 0 Å². The van der Waals surface area contributed by atoms with Crippen molar-refractivity contribution in [1.29, 1.82) is 0 Å². The standard InChI is InChI=1S/C18H29NO3/c1-2-3-4-5-6-7-8-11-15-12-9-10-13-17(15)22-18(21)16(19)14-20/h9-10,12-13,16,20H,2-8,11,14,19H2,1H3/t16-/m0/s1. The third kappa shape index (κ3) is 7.05. The zero-order chi connectivity index (χ0) is 16.2. The number of esters is 1. The number of rotatable bonds is 11. The van der Waals surface area contributed by atoms with E-state index in [4.69, 9.17) is 15.6 Å². The molecule has 0 aliphatic rings. The molecule has 0 aliphatic carbocycles. The third-order valence-electron chi connectivity index (χ3n) is 3.73. The summed E-state index contributed by atoms with van der Waals surface area (Å²) in [6.45, 7) is 1.82. The van der Waals surface area contributed by atoms with Gasteiger partial charge in [-0.1, -0.05) is 63.6 Å². The largest absolute Gasteiger partial charge is 0.425 e. The first-order valence-corrected chi connectivity index (χ1v) is 8.35. The van der Waals surface area contributed by atoms with E-state index in [-0.39, 0.29) is 0 Å². The van der Waals surface area contributed by atoms with Crippen molar-refractivity contribution in [2.45, 2.75) is 64.3 Å². The highest BCUT2D eigenvalue weighted by atomic mass is 16.5. The van der Waals surface area contributed by atoms with Crippen LogP contribution in [0.5, 0.6) is 5.75 Å². The molecule has 1 aromatic carbocycles. The summed E-state index contributed by atoms with van der Waals surface area (Å²) in [5, 5.41) is 8.89. The lowest BCUT2D eigenvalue weighted by Gasteiger charge is -2.12.